The van der Waals surface area contributed by atoms with Crippen molar-refractivity contribution in [3.8, 4) is 0 Å². The smallest absolute Gasteiger partial charge is 0.251 e. The van der Waals surface area contributed by atoms with Gasteiger partial charge >= 0.3 is 0 Å². The lowest BCUT2D eigenvalue weighted by Crippen LogP contribution is -2.28. The summed E-state index contributed by atoms with van der Waals surface area (Å²) in [6.45, 7) is 9.06. The van der Waals surface area contributed by atoms with Gasteiger partial charge in [0.1, 0.15) is 0 Å². The number of unbranched alkanes of at least 4 members (excludes halogenated alkanes) is 12. The van der Waals surface area contributed by atoms with Crippen molar-refractivity contribution >= 4 is 19.6 Å². The Labute approximate surface area is 227 Å². The first-order valence-electron chi connectivity index (χ1n) is 15.2. The van der Waals surface area contributed by atoms with Gasteiger partial charge in [-0.05, 0) is 60.8 Å². The number of hydrogen-bond acceptors (Lipinski definition) is 3. The quantitative estimate of drug-likeness (QED) is 0.102. The maximum Gasteiger partial charge on any atom is 0.299 e. The summed E-state index contributed by atoms with van der Waals surface area (Å²) in [5.41, 5.74) is 2.79. The van der Waals surface area contributed by atoms with E-state index in [0.29, 0.717) is 0 Å². The fraction of sp³-hybridized carbons (Fsp3) is 0.806. The molecule has 0 spiro atoms. The minimum atomic E-state index is -3.72. The van der Waals surface area contributed by atoms with E-state index in [4.69, 9.17) is 3.97 Å². The number of hydrogen-bond donors (Lipinski definition) is 0. The topological polar surface area (TPSA) is 43.4 Å². The van der Waals surface area contributed by atoms with Crippen molar-refractivity contribution in [2.45, 2.75) is 166 Å². The largest absolute Gasteiger partial charge is 0.299 e. The van der Waals surface area contributed by atoms with Gasteiger partial charge in [-0.25, -0.2) is 0 Å². The fourth-order valence-corrected chi connectivity index (χ4v) is 6.60. The van der Waals surface area contributed by atoms with Crippen LogP contribution in [0.4, 0.5) is 0 Å². The van der Waals surface area contributed by atoms with Gasteiger partial charge in [-0.1, -0.05) is 130 Å². The van der Waals surface area contributed by atoms with Crippen LogP contribution < -0.4 is 0 Å². The first-order valence-corrected chi connectivity index (χ1v) is 17.1. The van der Waals surface area contributed by atoms with Crippen molar-refractivity contribution in [3.63, 3.8) is 0 Å². The van der Waals surface area contributed by atoms with Crippen LogP contribution in [0.2, 0.25) is 0 Å². The standard InChI is InChI=1S/C31H57O3PS/c1-5-9-13-14-15-16-17-18-19-20-26-31(24-11-7-3,25-12-8-4)30-23-22-29(36(32,33)34-35)27-28(30)21-10-6-2/h22-23,27H,5-21,24-26,35H2,1-4H3. The van der Waals surface area contributed by atoms with Gasteiger partial charge in [-0.3, -0.25) is 3.97 Å². The minimum Gasteiger partial charge on any atom is -0.251 e. The second kappa shape index (κ2) is 19.6. The molecule has 0 aliphatic carbocycles. The summed E-state index contributed by atoms with van der Waals surface area (Å²) >= 11 is 0. The molecule has 1 aromatic carbocycles. The monoisotopic (exact) mass is 540 g/mol. The first kappa shape index (κ1) is 33.6. The molecule has 0 aliphatic rings. The van der Waals surface area contributed by atoms with Crippen molar-refractivity contribution in [2.75, 3.05) is 0 Å². The van der Waals surface area contributed by atoms with Crippen LogP contribution in [-0.4, -0.2) is 8.42 Å². The normalized spacial score (nSPS) is 12.4. The molecule has 0 bridgehead atoms. The maximum atomic E-state index is 12.5. The van der Waals surface area contributed by atoms with Crippen LogP contribution in [0.1, 0.15) is 161 Å². The molecule has 0 aromatic heterocycles. The van der Waals surface area contributed by atoms with Gasteiger partial charge in [-0.2, -0.15) is 8.42 Å². The molecule has 0 fully saturated rings. The van der Waals surface area contributed by atoms with Crippen LogP contribution in [0, 0.1) is 0 Å². The summed E-state index contributed by atoms with van der Waals surface area (Å²) in [6, 6.07) is 5.84. The second-order valence-electron chi connectivity index (χ2n) is 10.9. The molecule has 0 amide bonds. The molecule has 0 radical (unpaired) electrons. The molecule has 0 saturated carbocycles. The third-order valence-corrected chi connectivity index (χ3v) is 9.73. The van der Waals surface area contributed by atoms with E-state index >= 15 is 0 Å². The van der Waals surface area contributed by atoms with Crippen LogP contribution in [-0.2, 0) is 25.9 Å². The highest BCUT2D eigenvalue weighted by molar-refractivity contribution is 7.88. The van der Waals surface area contributed by atoms with Crippen molar-refractivity contribution in [1.29, 1.82) is 0 Å². The van der Waals surface area contributed by atoms with Crippen molar-refractivity contribution in [1.82, 2.24) is 0 Å². The van der Waals surface area contributed by atoms with E-state index in [1.807, 2.05) is 15.5 Å². The molecule has 36 heavy (non-hydrogen) atoms. The highest BCUT2D eigenvalue weighted by Crippen LogP contribution is 2.43. The first-order chi connectivity index (χ1) is 17.4. The van der Waals surface area contributed by atoms with Crippen LogP contribution in [0.25, 0.3) is 0 Å². The van der Waals surface area contributed by atoms with Crippen LogP contribution in [0.3, 0.4) is 0 Å². The summed E-state index contributed by atoms with van der Waals surface area (Å²) in [7, 11) is -1.82. The van der Waals surface area contributed by atoms with E-state index in [-0.39, 0.29) is 10.3 Å². The zero-order valence-corrected chi connectivity index (χ0v) is 26.1. The Balaban J connectivity index is 3.06. The van der Waals surface area contributed by atoms with Gasteiger partial charge < -0.3 is 0 Å². The average Bonchev–Trinajstić information content (AvgIpc) is 2.89. The van der Waals surface area contributed by atoms with Crippen LogP contribution in [0.15, 0.2) is 23.1 Å². The molecule has 0 N–H and O–H groups in total. The molecule has 1 rings (SSSR count). The summed E-state index contributed by atoms with van der Waals surface area (Å²) in [6.07, 6.45) is 25.2. The highest BCUT2D eigenvalue weighted by atomic mass is 32.2. The van der Waals surface area contributed by atoms with Gasteiger partial charge in [0.05, 0.1) is 4.90 Å². The van der Waals surface area contributed by atoms with E-state index in [9.17, 15) is 8.42 Å². The summed E-state index contributed by atoms with van der Waals surface area (Å²) in [4.78, 5) is 0.283. The molecule has 3 nitrogen and oxygen atoms in total. The zero-order valence-electron chi connectivity index (χ0n) is 24.1. The third-order valence-electron chi connectivity index (χ3n) is 7.89. The predicted octanol–water partition coefficient (Wildman–Crippen LogP) is 10.5. The van der Waals surface area contributed by atoms with Crippen molar-refractivity contribution < 1.29 is 12.4 Å². The number of aryl methyl sites for hydroxylation is 1. The number of benzene rings is 1. The summed E-state index contributed by atoms with van der Waals surface area (Å²) < 4.78 is 29.7. The molecular weight excluding hydrogens is 483 g/mol. The Morgan fingerprint density at radius 3 is 1.64 bits per heavy atom. The van der Waals surface area contributed by atoms with E-state index in [1.54, 1.807) is 6.07 Å². The highest BCUT2D eigenvalue weighted by Gasteiger charge is 2.33. The van der Waals surface area contributed by atoms with Gasteiger partial charge in [0.25, 0.3) is 10.1 Å². The minimum absolute atomic E-state index is 0.152. The molecule has 1 aromatic rings. The van der Waals surface area contributed by atoms with Gasteiger partial charge in [0.2, 0.25) is 0 Å². The average molecular weight is 541 g/mol. The van der Waals surface area contributed by atoms with Crippen LogP contribution in [0.5, 0.6) is 0 Å². The van der Waals surface area contributed by atoms with Crippen LogP contribution >= 0.6 is 9.47 Å². The zero-order chi connectivity index (χ0) is 26.7. The molecule has 1 atom stereocenters. The Kier molecular flexibility index (Phi) is 18.3. The summed E-state index contributed by atoms with van der Waals surface area (Å²) in [5.74, 6) is 0. The molecule has 5 heteroatoms. The number of rotatable bonds is 23. The molecule has 1 unspecified atom stereocenters. The lowest BCUT2D eigenvalue weighted by molar-refractivity contribution is 0.303. The fourth-order valence-electron chi connectivity index (χ4n) is 5.63. The SMILES string of the molecule is CCCCCCCCCCCCC(CCCC)(CCCC)c1ccc(S(=O)(=O)OP)cc1CCCC. The summed E-state index contributed by atoms with van der Waals surface area (Å²) in [5, 5.41) is 0. The second-order valence-corrected chi connectivity index (χ2v) is 13.0. The van der Waals surface area contributed by atoms with Crippen molar-refractivity contribution in [2.24, 2.45) is 0 Å². The van der Waals surface area contributed by atoms with E-state index < -0.39 is 10.1 Å². The molecule has 210 valence electrons. The van der Waals surface area contributed by atoms with E-state index in [0.717, 1.165) is 19.3 Å². The predicted molar refractivity (Wildman–Crippen MR) is 160 cm³/mol. The molecular formula is C31H57O3PS. The molecule has 0 aliphatic heterocycles. The Bertz CT molecular complexity index is 783. The van der Waals surface area contributed by atoms with Gasteiger partial charge in [-0.15, -0.1) is 0 Å². The molecule has 0 saturated heterocycles. The Morgan fingerprint density at radius 1 is 0.667 bits per heavy atom. The Morgan fingerprint density at radius 2 is 1.14 bits per heavy atom. The van der Waals surface area contributed by atoms with E-state index in [2.05, 4.69) is 33.8 Å². The van der Waals surface area contributed by atoms with Gasteiger partial charge in [0, 0.05) is 9.47 Å². The third kappa shape index (κ3) is 12.0. The Hall–Kier alpha value is -0.440. The lowest BCUT2D eigenvalue weighted by atomic mass is 9.67. The van der Waals surface area contributed by atoms with Gasteiger partial charge in [0.15, 0.2) is 0 Å². The van der Waals surface area contributed by atoms with E-state index in [1.165, 1.54) is 120 Å². The maximum absolute atomic E-state index is 12.5. The molecule has 0 heterocycles. The lowest BCUT2D eigenvalue weighted by Gasteiger charge is -2.37. The van der Waals surface area contributed by atoms with Crippen molar-refractivity contribution in [3.05, 3.63) is 29.3 Å².